The highest BCUT2D eigenvalue weighted by Crippen LogP contribution is 2.56. The summed E-state index contributed by atoms with van der Waals surface area (Å²) in [5.74, 6) is 0.645. The number of nitrogens with zero attached hydrogens (tertiary/aromatic N) is 2. The third-order valence-electron chi connectivity index (χ3n) is 8.61. The first kappa shape index (κ1) is 29.1. The summed E-state index contributed by atoms with van der Waals surface area (Å²) in [5, 5.41) is 3.23. The van der Waals surface area contributed by atoms with E-state index in [0.29, 0.717) is 17.0 Å². The maximum atomic E-state index is 14.9. The van der Waals surface area contributed by atoms with Crippen LogP contribution < -0.4 is 35.5 Å². The number of rotatable bonds is 5. The number of anilines is 1. The number of carbonyl (C=O) groups is 2. The second kappa shape index (κ2) is 10.3. The second-order valence-electron chi connectivity index (χ2n) is 10.9. The predicted molar refractivity (Wildman–Crippen MR) is 161 cm³/mol. The van der Waals surface area contributed by atoms with Crippen LogP contribution in [0, 0.1) is 18.3 Å². The molecule has 12 heteroatoms. The molecule has 3 heterocycles. The van der Waals surface area contributed by atoms with E-state index in [1.165, 1.54) is 31.9 Å². The maximum Gasteiger partial charge on any atom is 0.332 e. The van der Waals surface area contributed by atoms with Crippen molar-refractivity contribution < 1.29 is 28.5 Å². The van der Waals surface area contributed by atoms with Gasteiger partial charge in [-0.2, -0.15) is 0 Å². The van der Waals surface area contributed by atoms with E-state index in [-0.39, 0.29) is 57.8 Å². The first-order valence-corrected chi connectivity index (χ1v) is 14.1. The topological polar surface area (TPSA) is 127 Å². The number of methoxy groups -OCH3 is 2. The Labute approximate surface area is 256 Å². The van der Waals surface area contributed by atoms with Crippen molar-refractivity contribution in [1.29, 1.82) is 0 Å². The third-order valence-corrected chi connectivity index (χ3v) is 8.97. The van der Waals surface area contributed by atoms with Crippen molar-refractivity contribution in [3.63, 3.8) is 0 Å². The molecule has 0 saturated carbocycles. The second-order valence-corrected chi connectivity index (χ2v) is 11.3. The molecule has 0 amide bonds. The maximum absolute atomic E-state index is 14.9. The SMILES string of the molecule is C#CCOc1ccc(C2C3=C(CC(C)C4(Oc5c(Cl)c(OC)cc(OC)c5C4=O)C3=O)Nc3c2c(=O)n(C)c(=O)n3C)cc1. The molecule has 44 heavy (non-hydrogen) atoms. The van der Waals surface area contributed by atoms with Gasteiger partial charge in [0, 0.05) is 43.3 Å². The van der Waals surface area contributed by atoms with E-state index in [0.717, 1.165) is 4.57 Å². The van der Waals surface area contributed by atoms with E-state index < -0.39 is 40.3 Å². The van der Waals surface area contributed by atoms with Gasteiger partial charge in [0.2, 0.25) is 17.2 Å². The molecule has 3 aliphatic rings. The molecule has 6 rings (SSSR count). The summed E-state index contributed by atoms with van der Waals surface area (Å²) in [5.41, 5.74) is -1.70. The van der Waals surface area contributed by atoms with Crippen LogP contribution in [0.15, 0.2) is 51.2 Å². The van der Waals surface area contributed by atoms with Gasteiger partial charge in [-0.05, 0) is 24.1 Å². The third kappa shape index (κ3) is 3.84. The summed E-state index contributed by atoms with van der Waals surface area (Å²) in [7, 11) is 5.72. The molecule has 0 radical (unpaired) electrons. The van der Waals surface area contributed by atoms with E-state index in [2.05, 4.69) is 11.2 Å². The first-order valence-electron chi connectivity index (χ1n) is 13.7. The van der Waals surface area contributed by atoms with Crippen molar-refractivity contribution in [2.75, 3.05) is 26.1 Å². The first-order chi connectivity index (χ1) is 21.0. The lowest BCUT2D eigenvalue weighted by Gasteiger charge is -2.42. The number of hydrogen-bond donors (Lipinski definition) is 1. The molecule has 1 aromatic heterocycles. The fourth-order valence-corrected chi connectivity index (χ4v) is 6.67. The molecule has 0 saturated heterocycles. The minimum absolute atomic E-state index is 0.00818. The van der Waals surface area contributed by atoms with Gasteiger partial charge in [-0.1, -0.05) is 36.6 Å². The number of ether oxygens (including phenoxy) is 4. The van der Waals surface area contributed by atoms with Crippen molar-refractivity contribution in [2.24, 2.45) is 20.0 Å². The standard InChI is InChI=1S/C32H28ClN3O8/c1-7-12-43-17-10-8-16(9-11-17)21-22-18(34-29-24(21)30(39)36(4)31(40)35(29)3)13-15(2)32(27(22)37)28(38)23-19(41-5)14-20(42-6)25(33)26(23)44-32/h1,8-11,14-15,21,34H,12-13H2,2-6H3. The zero-order valence-electron chi connectivity index (χ0n) is 24.6. The van der Waals surface area contributed by atoms with E-state index in [1.54, 1.807) is 38.2 Å². The van der Waals surface area contributed by atoms with Crippen molar-refractivity contribution in [3.8, 4) is 35.3 Å². The van der Waals surface area contributed by atoms with Crippen LogP contribution in [0.5, 0.6) is 23.0 Å². The number of hydrogen-bond acceptors (Lipinski definition) is 9. The molecule has 1 spiro atoms. The number of halogens is 1. The number of benzene rings is 2. The Bertz CT molecular complexity index is 1970. The van der Waals surface area contributed by atoms with E-state index in [4.69, 9.17) is 37.0 Å². The molecule has 3 aromatic rings. The molecule has 0 bridgehead atoms. The summed E-state index contributed by atoms with van der Waals surface area (Å²) < 4.78 is 25.0. The number of terminal acetylenes is 1. The largest absolute Gasteiger partial charge is 0.496 e. The van der Waals surface area contributed by atoms with Crippen molar-refractivity contribution in [3.05, 3.63) is 84.2 Å². The Hall–Kier alpha value is -4.95. The Balaban J connectivity index is 1.58. The fourth-order valence-electron chi connectivity index (χ4n) is 6.40. The van der Waals surface area contributed by atoms with Crippen molar-refractivity contribution in [1.82, 2.24) is 9.13 Å². The number of aromatic nitrogens is 2. The monoisotopic (exact) mass is 617 g/mol. The zero-order valence-corrected chi connectivity index (χ0v) is 25.3. The highest BCUT2D eigenvalue weighted by atomic mass is 35.5. The highest BCUT2D eigenvalue weighted by molar-refractivity contribution is 6.36. The Kier molecular flexibility index (Phi) is 6.85. The van der Waals surface area contributed by atoms with Gasteiger partial charge in [0.1, 0.15) is 40.3 Å². The van der Waals surface area contributed by atoms with E-state index >= 15 is 0 Å². The van der Waals surface area contributed by atoms with Crippen LogP contribution in [-0.4, -0.2) is 47.1 Å². The van der Waals surface area contributed by atoms with Crippen molar-refractivity contribution >= 4 is 29.0 Å². The zero-order chi connectivity index (χ0) is 31.7. The number of ketones is 2. The smallest absolute Gasteiger partial charge is 0.332 e. The van der Waals surface area contributed by atoms with Gasteiger partial charge in [0.05, 0.1) is 19.8 Å². The van der Waals surface area contributed by atoms with Crippen LogP contribution in [0.4, 0.5) is 5.82 Å². The van der Waals surface area contributed by atoms with Crippen LogP contribution >= 0.6 is 11.6 Å². The number of Topliss-reactive ketones (excluding diaryl/α,β-unsaturated/α-hetero) is 2. The normalized spacial score (nSPS) is 21.6. The summed E-state index contributed by atoms with van der Waals surface area (Å²) >= 11 is 6.60. The molecule has 1 aliphatic carbocycles. The number of allylic oxidation sites excluding steroid dienone is 1. The molecular formula is C32H28ClN3O8. The quantitative estimate of drug-likeness (QED) is 0.339. The Morgan fingerprint density at radius 3 is 2.39 bits per heavy atom. The van der Waals surface area contributed by atoms with Gasteiger partial charge >= 0.3 is 5.69 Å². The minimum Gasteiger partial charge on any atom is -0.496 e. The van der Waals surface area contributed by atoms with Gasteiger partial charge in [0.25, 0.3) is 5.56 Å². The molecule has 11 nitrogen and oxygen atoms in total. The number of carbonyl (C=O) groups excluding carboxylic acids is 2. The molecule has 3 atom stereocenters. The van der Waals surface area contributed by atoms with Crippen molar-refractivity contribution in [2.45, 2.75) is 24.9 Å². The Morgan fingerprint density at radius 2 is 1.75 bits per heavy atom. The Morgan fingerprint density at radius 1 is 1.07 bits per heavy atom. The lowest BCUT2D eigenvalue weighted by molar-refractivity contribution is -0.130. The molecule has 2 aromatic carbocycles. The van der Waals surface area contributed by atoms with Crippen LogP contribution in [0.1, 0.15) is 40.7 Å². The summed E-state index contributed by atoms with van der Waals surface area (Å²) in [6, 6.07) is 8.26. The van der Waals surface area contributed by atoms with E-state index in [9.17, 15) is 19.2 Å². The van der Waals surface area contributed by atoms with Crippen LogP contribution in [0.3, 0.4) is 0 Å². The molecule has 1 N–H and O–H groups in total. The number of nitrogens with one attached hydrogen (secondary N) is 1. The summed E-state index contributed by atoms with van der Waals surface area (Å²) in [4.78, 5) is 55.9. The molecule has 2 aliphatic heterocycles. The fraction of sp³-hybridized carbons (Fsp3) is 0.312. The highest BCUT2D eigenvalue weighted by Gasteiger charge is 2.63. The molecule has 0 fully saturated rings. The summed E-state index contributed by atoms with van der Waals surface area (Å²) in [6.07, 6.45) is 5.50. The summed E-state index contributed by atoms with van der Waals surface area (Å²) in [6.45, 7) is 1.79. The van der Waals surface area contributed by atoms with E-state index in [1.807, 2.05) is 0 Å². The van der Waals surface area contributed by atoms with Crippen LogP contribution in [0.2, 0.25) is 5.02 Å². The average Bonchev–Trinajstić information content (AvgIpc) is 3.34. The van der Waals surface area contributed by atoms with Crippen LogP contribution in [-0.2, 0) is 18.9 Å². The average molecular weight is 618 g/mol. The predicted octanol–water partition coefficient (Wildman–Crippen LogP) is 3.20. The van der Waals surface area contributed by atoms with Crippen LogP contribution in [0.25, 0.3) is 0 Å². The van der Waals surface area contributed by atoms with Gasteiger partial charge in [-0.15, -0.1) is 6.42 Å². The van der Waals surface area contributed by atoms with Gasteiger partial charge in [-0.3, -0.25) is 23.5 Å². The molecule has 226 valence electrons. The minimum atomic E-state index is -2.00. The lowest BCUT2D eigenvalue weighted by atomic mass is 9.66. The van der Waals surface area contributed by atoms with Gasteiger partial charge in [0.15, 0.2) is 5.75 Å². The lowest BCUT2D eigenvalue weighted by Crippen LogP contribution is -2.58. The van der Waals surface area contributed by atoms with Gasteiger partial charge < -0.3 is 24.3 Å². The number of fused-ring (bicyclic) bond motifs is 2. The molecule has 3 unspecified atom stereocenters. The van der Waals surface area contributed by atoms with Gasteiger partial charge in [-0.25, -0.2) is 4.79 Å². The molecular weight excluding hydrogens is 590 g/mol.